The largest absolute Gasteiger partial charge is 0.354 e. The van der Waals surface area contributed by atoms with Gasteiger partial charge in [0.1, 0.15) is 18.4 Å². The molecule has 0 spiro atoms. The third kappa shape index (κ3) is 7.66. The number of nitrogens with one attached hydrogen (secondary N) is 1. The summed E-state index contributed by atoms with van der Waals surface area (Å²) in [5.41, 5.74) is 0.362. The molecule has 0 fully saturated rings. The van der Waals surface area contributed by atoms with E-state index in [1.807, 2.05) is 13.8 Å². The van der Waals surface area contributed by atoms with Crippen LogP contribution in [-0.4, -0.2) is 44.3 Å². The van der Waals surface area contributed by atoms with Crippen molar-refractivity contribution in [2.75, 3.05) is 17.4 Å². The van der Waals surface area contributed by atoms with Crippen molar-refractivity contribution in [3.63, 3.8) is 0 Å². The first-order valence-corrected chi connectivity index (χ1v) is 14.9. The molecule has 1 N–H and O–H groups in total. The van der Waals surface area contributed by atoms with E-state index in [0.717, 1.165) is 16.4 Å². The van der Waals surface area contributed by atoms with E-state index in [-0.39, 0.29) is 38.1 Å². The second-order valence-corrected chi connectivity index (χ2v) is 12.5. The van der Waals surface area contributed by atoms with Crippen molar-refractivity contribution in [3.05, 3.63) is 93.2 Å². The molecule has 0 bridgehead atoms. The van der Waals surface area contributed by atoms with Crippen LogP contribution in [-0.2, 0) is 26.2 Å². The number of rotatable bonds is 11. The van der Waals surface area contributed by atoms with E-state index < -0.39 is 40.2 Å². The van der Waals surface area contributed by atoms with Gasteiger partial charge in [0.15, 0.2) is 0 Å². The van der Waals surface area contributed by atoms with Gasteiger partial charge in [-0.1, -0.05) is 72.9 Å². The Bertz CT molecular complexity index is 1450. The summed E-state index contributed by atoms with van der Waals surface area (Å²) in [6.45, 7) is 4.87. The minimum absolute atomic E-state index is 0.0313. The Labute approximate surface area is 248 Å². The number of carbonyl (C=O) groups is 2. The molecule has 2 amide bonds. The first-order valence-electron chi connectivity index (χ1n) is 12.4. The van der Waals surface area contributed by atoms with Gasteiger partial charge in [0, 0.05) is 28.7 Å². The molecule has 0 aliphatic rings. The van der Waals surface area contributed by atoms with Gasteiger partial charge in [-0.15, -0.1) is 0 Å². The fourth-order valence-corrected chi connectivity index (χ4v) is 5.90. The fourth-order valence-electron chi connectivity index (χ4n) is 3.78. The molecule has 3 rings (SSSR count). The van der Waals surface area contributed by atoms with Crippen LogP contribution < -0.4 is 9.62 Å². The molecule has 0 unspecified atom stereocenters. The summed E-state index contributed by atoms with van der Waals surface area (Å²) >= 11 is 18.7. The molecule has 0 aliphatic heterocycles. The summed E-state index contributed by atoms with van der Waals surface area (Å²) in [5, 5.41) is 3.03. The molecule has 0 heterocycles. The predicted molar refractivity (Wildman–Crippen MR) is 157 cm³/mol. The summed E-state index contributed by atoms with van der Waals surface area (Å²) in [4.78, 5) is 28.1. The summed E-state index contributed by atoms with van der Waals surface area (Å²) in [6, 6.07) is 14.7. The Morgan fingerprint density at radius 3 is 2.10 bits per heavy atom. The summed E-state index contributed by atoms with van der Waals surface area (Å²) in [6.07, 6.45) is 0. The minimum atomic E-state index is -4.32. The van der Waals surface area contributed by atoms with Crippen molar-refractivity contribution < 1.29 is 22.4 Å². The van der Waals surface area contributed by atoms with E-state index in [9.17, 15) is 22.4 Å². The van der Waals surface area contributed by atoms with Crippen molar-refractivity contribution >= 4 is 62.3 Å². The monoisotopic (exact) mass is 627 g/mol. The van der Waals surface area contributed by atoms with Gasteiger partial charge >= 0.3 is 0 Å². The average Bonchev–Trinajstić information content (AvgIpc) is 2.91. The predicted octanol–water partition coefficient (Wildman–Crippen LogP) is 6.17. The number of halogens is 4. The van der Waals surface area contributed by atoms with Crippen LogP contribution in [0.2, 0.25) is 15.1 Å². The molecular formula is C28H29Cl3FN3O4S. The Balaban J connectivity index is 2.06. The first kappa shape index (κ1) is 31.7. The lowest BCUT2D eigenvalue weighted by Crippen LogP contribution is -2.51. The molecule has 0 saturated carbocycles. The van der Waals surface area contributed by atoms with Crippen molar-refractivity contribution in [2.24, 2.45) is 5.92 Å². The number of amides is 2. The number of hydrogen-bond donors (Lipinski definition) is 1. The minimum Gasteiger partial charge on any atom is -0.354 e. The highest BCUT2D eigenvalue weighted by Gasteiger charge is 2.33. The van der Waals surface area contributed by atoms with Gasteiger partial charge < -0.3 is 10.2 Å². The van der Waals surface area contributed by atoms with Gasteiger partial charge in [0.25, 0.3) is 10.0 Å². The van der Waals surface area contributed by atoms with E-state index in [0.29, 0.717) is 12.1 Å². The van der Waals surface area contributed by atoms with Gasteiger partial charge in [0.05, 0.1) is 15.6 Å². The molecule has 3 aromatic carbocycles. The molecule has 12 heteroatoms. The van der Waals surface area contributed by atoms with Gasteiger partial charge in [-0.2, -0.15) is 0 Å². The first-order chi connectivity index (χ1) is 18.8. The van der Waals surface area contributed by atoms with Crippen LogP contribution >= 0.6 is 34.8 Å². The molecule has 40 heavy (non-hydrogen) atoms. The lowest BCUT2D eigenvalue weighted by Gasteiger charge is -2.32. The fraction of sp³-hybridized carbons (Fsp3) is 0.286. The molecule has 0 radical (unpaired) electrons. The average molecular weight is 629 g/mol. The molecule has 7 nitrogen and oxygen atoms in total. The van der Waals surface area contributed by atoms with Crippen LogP contribution in [0.1, 0.15) is 26.3 Å². The van der Waals surface area contributed by atoms with Crippen molar-refractivity contribution in [3.8, 4) is 0 Å². The highest BCUT2D eigenvalue weighted by molar-refractivity contribution is 7.92. The summed E-state index contributed by atoms with van der Waals surface area (Å²) in [5.74, 6) is -1.75. The normalized spacial score (nSPS) is 12.2. The second-order valence-electron chi connectivity index (χ2n) is 9.46. The van der Waals surface area contributed by atoms with Crippen LogP contribution in [0.25, 0.3) is 0 Å². The summed E-state index contributed by atoms with van der Waals surface area (Å²) in [7, 11) is -4.32. The zero-order chi connectivity index (χ0) is 29.6. The maximum atomic E-state index is 14.0. The van der Waals surface area contributed by atoms with Crippen LogP contribution in [0.4, 0.5) is 10.1 Å². The maximum Gasteiger partial charge on any atom is 0.264 e. The van der Waals surface area contributed by atoms with E-state index in [1.165, 1.54) is 42.2 Å². The van der Waals surface area contributed by atoms with E-state index in [2.05, 4.69) is 5.32 Å². The topological polar surface area (TPSA) is 86.8 Å². The molecule has 0 saturated heterocycles. The zero-order valence-electron chi connectivity index (χ0n) is 22.1. The molecular weight excluding hydrogens is 600 g/mol. The van der Waals surface area contributed by atoms with E-state index >= 15 is 0 Å². The Hall–Kier alpha value is -2.85. The molecule has 0 aliphatic carbocycles. The molecule has 214 valence electrons. The summed E-state index contributed by atoms with van der Waals surface area (Å²) < 4.78 is 42.3. The quantitative estimate of drug-likeness (QED) is 0.275. The van der Waals surface area contributed by atoms with Gasteiger partial charge in [0.2, 0.25) is 11.8 Å². The zero-order valence-corrected chi connectivity index (χ0v) is 25.2. The SMILES string of the molecule is CC(C)CNC(=O)[C@@H](C)N(Cc1c(Cl)cccc1Cl)C(=O)CN(c1ccc(F)c(Cl)c1)S(=O)(=O)c1ccccc1. The Kier molecular flexibility index (Phi) is 10.8. The van der Waals surface area contributed by atoms with Gasteiger partial charge in [-0.3, -0.25) is 13.9 Å². The molecule has 1 atom stereocenters. The van der Waals surface area contributed by atoms with Crippen LogP contribution in [0, 0.1) is 11.7 Å². The van der Waals surface area contributed by atoms with Crippen molar-refractivity contribution in [1.29, 1.82) is 0 Å². The van der Waals surface area contributed by atoms with Crippen LogP contribution in [0.3, 0.4) is 0 Å². The molecule has 0 aromatic heterocycles. The lowest BCUT2D eigenvalue weighted by molar-refractivity contribution is -0.139. The van der Waals surface area contributed by atoms with E-state index in [1.54, 1.807) is 24.3 Å². The second kappa shape index (κ2) is 13.7. The number of carbonyl (C=O) groups excluding carboxylic acids is 2. The Morgan fingerprint density at radius 2 is 1.52 bits per heavy atom. The number of benzene rings is 3. The van der Waals surface area contributed by atoms with Gasteiger partial charge in [-0.25, -0.2) is 12.8 Å². The van der Waals surface area contributed by atoms with Gasteiger partial charge in [-0.05, 0) is 55.3 Å². The van der Waals surface area contributed by atoms with Crippen LogP contribution in [0.15, 0.2) is 71.6 Å². The smallest absolute Gasteiger partial charge is 0.264 e. The molecule has 3 aromatic rings. The number of sulfonamides is 1. The van der Waals surface area contributed by atoms with Crippen molar-refractivity contribution in [1.82, 2.24) is 10.2 Å². The number of nitrogens with zero attached hydrogens (tertiary/aromatic N) is 2. The highest BCUT2D eigenvalue weighted by Crippen LogP contribution is 2.30. The van der Waals surface area contributed by atoms with E-state index in [4.69, 9.17) is 34.8 Å². The lowest BCUT2D eigenvalue weighted by atomic mass is 10.1. The maximum absolute atomic E-state index is 14.0. The highest BCUT2D eigenvalue weighted by atomic mass is 35.5. The Morgan fingerprint density at radius 1 is 0.900 bits per heavy atom. The standard InChI is InChI=1S/C28H29Cl3FN3O4S/c1-18(2)15-33-28(37)19(3)34(16-22-23(29)10-7-11-24(22)30)27(36)17-35(20-12-13-26(32)25(31)14-20)40(38,39)21-8-5-4-6-9-21/h4-14,18-19H,15-17H2,1-3H3,(H,33,37)/t19-/m1/s1. The third-order valence-corrected chi connectivity index (χ3v) is 8.83. The van der Waals surface area contributed by atoms with Crippen molar-refractivity contribution in [2.45, 2.75) is 38.3 Å². The number of anilines is 1. The van der Waals surface area contributed by atoms with Crippen LogP contribution in [0.5, 0.6) is 0 Å². The third-order valence-electron chi connectivity index (χ3n) is 6.04. The number of hydrogen-bond acceptors (Lipinski definition) is 4.